The van der Waals surface area contributed by atoms with Gasteiger partial charge in [-0.3, -0.25) is 4.98 Å². The van der Waals surface area contributed by atoms with Crippen molar-refractivity contribution < 1.29 is 13.9 Å². The molecule has 0 saturated carbocycles. The van der Waals surface area contributed by atoms with Crippen molar-refractivity contribution in [3.05, 3.63) is 47.7 Å². The van der Waals surface area contributed by atoms with Crippen LogP contribution in [0.4, 0.5) is 4.39 Å². The van der Waals surface area contributed by atoms with E-state index in [1.807, 2.05) is 0 Å². The Morgan fingerprint density at radius 3 is 2.58 bits per heavy atom. The molecule has 1 aromatic heterocycles. The second-order valence-corrected chi connectivity index (χ2v) is 3.82. The van der Waals surface area contributed by atoms with Crippen LogP contribution in [-0.2, 0) is 0 Å². The monoisotopic (exact) mass is 263 g/mol. The summed E-state index contributed by atoms with van der Waals surface area (Å²) in [5, 5.41) is 0. The summed E-state index contributed by atoms with van der Waals surface area (Å²) in [6.07, 6.45) is 3.04. The third kappa shape index (κ3) is 2.63. The highest BCUT2D eigenvalue weighted by molar-refractivity contribution is 5.37. The number of nitrogens with zero attached hydrogens (tertiary/aromatic N) is 2. The van der Waals surface area contributed by atoms with E-state index >= 15 is 0 Å². The summed E-state index contributed by atoms with van der Waals surface area (Å²) >= 11 is 0. The minimum Gasteiger partial charge on any atom is -0.494 e. The molecule has 0 radical (unpaired) electrons. The lowest BCUT2D eigenvalue weighted by Gasteiger charge is -2.14. The van der Waals surface area contributed by atoms with Gasteiger partial charge in [0.25, 0.3) is 0 Å². The van der Waals surface area contributed by atoms with Gasteiger partial charge < -0.3 is 15.2 Å². The van der Waals surface area contributed by atoms with E-state index in [4.69, 9.17) is 15.2 Å². The van der Waals surface area contributed by atoms with Crippen molar-refractivity contribution in [2.75, 3.05) is 14.2 Å². The fraction of sp³-hybridized carbons (Fsp3) is 0.231. The lowest BCUT2D eigenvalue weighted by molar-refractivity contribution is 0.383. The van der Waals surface area contributed by atoms with Crippen LogP contribution >= 0.6 is 0 Å². The summed E-state index contributed by atoms with van der Waals surface area (Å²) in [4.78, 5) is 8.19. The van der Waals surface area contributed by atoms with Crippen LogP contribution in [0.15, 0.2) is 30.6 Å². The first kappa shape index (κ1) is 13.2. The SMILES string of the molecule is COc1cc(C(N)c2nccnc2OC)ccc1F. The summed E-state index contributed by atoms with van der Waals surface area (Å²) in [6.45, 7) is 0. The van der Waals surface area contributed by atoms with Gasteiger partial charge in [-0.25, -0.2) is 9.37 Å². The normalized spacial score (nSPS) is 12.0. The van der Waals surface area contributed by atoms with Crippen LogP contribution in [0.5, 0.6) is 11.6 Å². The number of halogens is 1. The summed E-state index contributed by atoms with van der Waals surface area (Å²) in [5.41, 5.74) is 7.25. The fourth-order valence-corrected chi connectivity index (χ4v) is 1.73. The second kappa shape index (κ2) is 5.62. The summed E-state index contributed by atoms with van der Waals surface area (Å²) in [7, 11) is 2.89. The van der Waals surface area contributed by atoms with Gasteiger partial charge in [0.2, 0.25) is 5.88 Å². The molecule has 0 bridgehead atoms. The molecule has 0 aliphatic carbocycles. The number of benzene rings is 1. The lowest BCUT2D eigenvalue weighted by atomic mass is 10.0. The maximum atomic E-state index is 13.4. The van der Waals surface area contributed by atoms with Crippen LogP contribution in [0.2, 0.25) is 0 Å². The maximum Gasteiger partial charge on any atom is 0.237 e. The van der Waals surface area contributed by atoms with Crippen molar-refractivity contribution in [1.29, 1.82) is 0 Å². The minimum atomic E-state index is -0.571. The molecule has 2 aromatic rings. The Morgan fingerprint density at radius 2 is 1.89 bits per heavy atom. The van der Waals surface area contributed by atoms with Gasteiger partial charge in [0, 0.05) is 12.4 Å². The highest BCUT2D eigenvalue weighted by Gasteiger charge is 2.18. The smallest absolute Gasteiger partial charge is 0.237 e. The van der Waals surface area contributed by atoms with Crippen molar-refractivity contribution in [2.24, 2.45) is 5.73 Å². The van der Waals surface area contributed by atoms with Crippen LogP contribution in [-0.4, -0.2) is 24.2 Å². The van der Waals surface area contributed by atoms with E-state index in [1.165, 1.54) is 38.7 Å². The fourth-order valence-electron chi connectivity index (χ4n) is 1.73. The Kier molecular flexibility index (Phi) is 3.91. The molecule has 6 heteroatoms. The maximum absolute atomic E-state index is 13.4. The molecular formula is C13H14FN3O2. The predicted octanol–water partition coefficient (Wildman–Crippen LogP) is 1.68. The molecule has 2 N–H and O–H groups in total. The summed E-state index contributed by atoms with van der Waals surface area (Å²) < 4.78 is 23.4. The van der Waals surface area contributed by atoms with E-state index in [0.717, 1.165) is 0 Å². The molecule has 0 amide bonds. The molecule has 0 fully saturated rings. The van der Waals surface area contributed by atoms with Crippen molar-refractivity contribution in [3.63, 3.8) is 0 Å². The molecule has 1 unspecified atom stereocenters. The lowest BCUT2D eigenvalue weighted by Crippen LogP contribution is -2.15. The van der Waals surface area contributed by atoms with Gasteiger partial charge in [0.1, 0.15) is 5.69 Å². The summed E-state index contributed by atoms with van der Waals surface area (Å²) in [6, 6.07) is 3.85. The molecule has 0 saturated heterocycles. The number of methoxy groups -OCH3 is 2. The zero-order chi connectivity index (χ0) is 13.8. The van der Waals surface area contributed by atoms with Crippen molar-refractivity contribution in [1.82, 2.24) is 9.97 Å². The van der Waals surface area contributed by atoms with Crippen LogP contribution < -0.4 is 15.2 Å². The van der Waals surface area contributed by atoms with Crippen LogP contribution in [0, 0.1) is 5.82 Å². The Hall–Kier alpha value is -2.21. The van der Waals surface area contributed by atoms with E-state index in [9.17, 15) is 4.39 Å². The number of nitrogens with two attached hydrogens (primary N) is 1. The summed E-state index contributed by atoms with van der Waals surface area (Å²) in [5.74, 6) is 0.0404. The molecule has 0 aliphatic heterocycles. The zero-order valence-electron chi connectivity index (χ0n) is 10.6. The van der Waals surface area contributed by atoms with E-state index in [-0.39, 0.29) is 5.75 Å². The van der Waals surface area contributed by atoms with Crippen molar-refractivity contribution in [2.45, 2.75) is 6.04 Å². The molecule has 1 aromatic carbocycles. The first-order chi connectivity index (χ1) is 9.17. The van der Waals surface area contributed by atoms with Crippen LogP contribution in [0.3, 0.4) is 0 Å². The van der Waals surface area contributed by atoms with Gasteiger partial charge in [-0.15, -0.1) is 0 Å². The number of ether oxygens (including phenoxy) is 2. The number of hydrogen-bond acceptors (Lipinski definition) is 5. The third-order valence-corrected chi connectivity index (χ3v) is 2.71. The van der Waals surface area contributed by atoms with Crippen LogP contribution in [0.1, 0.15) is 17.3 Å². The second-order valence-electron chi connectivity index (χ2n) is 3.82. The van der Waals surface area contributed by atoms with Crippen molar-refractivity contribution >= 4 is 0 Å². The zero-order valence-corrected chi connectivity index (χ0v) is 10.6. The molecule has 1 heterocycles. The predicted molar refractivity (Wildman–Crippen MR) is 67.6 cm³/mol. The average Bonchev–Trinajstić information content (AvgIpc) is 2.47. The van der Waals surface area contributed by atoms with E-state index < -0.39 is 11.9 Å². The van der Waals surface area contributed by atoms with Gasteiger partial charge in [-0.2, -0.15) is 0 Å². The Labute approximate surface area is 110 Å². The number of rotatable bonds is 4. The third-order valence-electron chi connectivity index (χ3n) is 2.71. The van der Waals surface area contributed by atoms with E-state index in [1.54, 1.807) is 6.07 Å². The van der Waals surface area contributed by atoms with Gasteiger partial charge in [-0.05, 0) is 17.7 Å². The first-order valence-electron chi connectivity index (χ1n) is 5.61. The highest BCUT2D eigenvalue weighted by Crippen LogP contribution is 2.27. The molecular weight excluding hydrogens is 249 g/mol. The van der Waals surface area contributed by atoms with Gasteiger partial charge in [0.15, 0.2) is 11.6 Å². The largest absolute Gasteiger partial charge is 0.494 e. The number of hydrogen-bond donors (Lipinski definition) is 1. The average molecular weight is 263 g/mol. The molecule has 0 spiro atoms. The molecule has 19 heavy (non-hydrogen) atoms. The quantitative estimate of drug-likeness (QED) is 0.908. The standard InChI is InChI=1S/C13H14FN3O2/c1-18-10-7-8(3-4-9(10)14)11(15)12-13(19-2)17-6-5-16-12/h3-7,11H,15H2,1-2H3. The molecule has 2 rings (SSSR count). The molecule has 0 aliphatic rings. The first-order valence-corrected chi connectivity index (χ1v) is 5.61. The number of aromatic nitrogens is 2. The molecule has 5 nitrogen and oxygen atoms in total. The Bertz CT molecular complexity index is 578. The highest BCUT2D eigenvalue weighted by atomic mass is 19.1. The minimum absolute atomic E-state index is 0.135. The van der Waals surface area contributed by atoms with E-state index in [2.05, 4.69) is 9.97 Å². The Balaban J connectivity index is 2.41. The van der Waals surface area contributed by atoms with E-state index in [0.29, 0.717) is 17.1 Å². The van der Waals surface area contributed by atoms with Gasteiger partial charge >= 0.3 is 0 Å². The Morgan fingerprint density at radius 1 is 1.16 bits per heavy atom. The van der Waals surface area contributed by atoms with Crippen molar-refractivity contribution in [3.8, 4) is 11.6 Å². The molecule has 100 valence electrons. The topological polar surface area (TPSA) is 70.3 Å². The van der Waals surface area contributed by atoms with Crippen LogP contribution in [0.25, 0.3) is 0 Å². The molecule has 1 atom stereocenters. The van der Waals surface area contributed by atoms with Gasteiger partial charge in [0.05, 0.1) is 20.3 Å². The van der Waals surface area contributed by atoms with Gasteiger partial charge in [-0.1, -0.05) is 6.07 Å².